The zero-order valence-corrected chi connectivity index (χ0v) is 11.1. The van der Waals surface area contributed by atoms with Crippen LogP contribution in [0.25, 0.3) is 0 Å². The SMILES string of the molecule is CCCC1(N)CN(C(C)C(=O)N2CCCC2)C1. The molecule has 2 aliphatic heterocycles. The van der Waals surface area contributed by atoms with Crippen LogP contribution in [0.2, 0.25) is 0 Å². The Kier molecular flexibility index (Phi) is 3.73. The highest BCUT2D eigenvalue weighted by molar-refractivity contribution is 5.81. The van der Waals surface area contributed by atoms with Gasteiger partial charge in [-0.05, 0) is 26.2 Å². The number of likely N-dealkylation sites (tertiary alicyclic amines) is 2. The quantitative estimate of drug-likeness (QED) is 0.790. The van der Waals surface area contributed by atoms with Crippen molar-refractivity contribution in [2.24, 2.45) is 5.73 Å². The highest BCUT2D eigenvalue weighted by Crippen LogP contribution is 2.26. The third kappa shape index (κ3) is 2.63. The van der Waals surface area contributed by atoms with Crippen LogP contribution in [0.4, 0.5) is 0 Å². The van der Waals surface area contributed by atoms with Crippen LogP contribution in [-0.2, 0) is 4.79 Å². The van der Waals surface area contributed by atoms with E-state index in [-0.39, 0.29) is 11.6 Å². The zero-order chi connectivity index (χ0) is 12.5. The average Bonchev–Trinajstić information content (AvgIpc) is 2.77. The number of nitrogens with zero attached hydrogens (tertiary/aromatic N) is 2. The van der Waals surface area contributed by atoms with Gasteiger partial charge in [-0.3, -0.25) is 9.69 Å². The van der Waals surface area contributed by atoms with Crippen LogP contribution in [0, 0.1) is 0 Å². The average molecular weight is 239 g/mol. The van der Waals surface area contributed by atoms with Crippen LogP contribution < -0.4 is 5.73 Å². The van der Waals surface area contributed by atoms with E-state index in [1.165, 1.54) is 0 Å². The molecule has 1 atom stereocenters. The van der Waals surface area contributed by atoms with E-state index in [2.05, 4.69) is 11.8 Å². The van der Waals surface area contributed by atoms with E-state index >= 15 is 0 Å². The molecule has 0 spiro atoms. The predicted molar refractivity (Wildman–Crippen MR) is 68.7 cm³/mol. The van der Waals surface area contributed by atoms with Gasteiger partial charge < -0.3 is 10.6 Å². The van der Waals surface area contributed by atoms with Gasteiger partial charge in [-0.25, -0.2) is 0 Å². The van der Waals surface area contributed by atoms with Gasteiger partial charge in [0.1, 0.15) is 0 Å². The standard InChI is InChI=1S/C13H25N3O/c1-3-6-13(14)9-16(10-13)11(2)12(17)15-7-4-5-8-15/h11H,3-10,14H2,1-2H3. The van der Waals surface area contributed by atoms with E-state index in [0.717, 1.165) is 51.9 Å². The highest BCUT2D eigenvalue weighted by atomic mass is 16.2. The molecule has 1 amide bonds. The van der Waals surface area contributed by atoms with Gasteiger partial charge in [0.25, 0.3) is 0 Å². The molecule has 0 saturated carbocycles. The summed E-state index contributed by atoms with van der Waals surface area (Å²) in [5, 5.41) is 0. The molecule has 0 bridgehead atoms. The molecule has 1 unspecified atom stereocenters. The second kappa shape index (κ2) is 4.94. The normalized spacial score (nSPS) is 25.7. The first-order chi connectivity index (χ1) is 8.06. The minimum Gasteiger partial charge on any atom is -0.341 e. The number of carbonyl (C=O) groups excluding carboxylic acids is 1. The summed E-state index contributed by atoms with van der Waals surface area (Å²) in [4.78, 5) is 16.4. The fourth-order valence-electron chi connectivity index (χ4n) is 3.05. The summed E-state index contributed by atoms with van der Waals surface area (Å²) >= 11 is 0. The number of hydrogen-bond donors (Lipinski definition) is 1. The summed E-state index contributed by atoms with van der Waals surface area (Å²) in [6, 6.07) is 0.0154. The lowest BCUT2D eigenvalue weighted by atomic mass is 9.85. The van der Waals surface area contributed by atoms with Gasteiger partial charge in [0.2, 0.25) is 5.91 Å². The van der Waals surface area contributed by atoms with Crippen LogP contribution in [0.5, 0.6) is 0 Å². The molecule has 4 nitrogen and oxygen atoms in total. The van der Waals surface area contributed by atoms with Gasteiger partial charge in [0.15, 0.2) is 0 Å². The molecular formula is C13H25N3O. The Morgan fingerprint density at radius 1 is 1.35 bits per heavy atom. The predicted octanol–water partition coefficient (Wildman–Crippen LogP) is 0.811. The summed E-state index contributed by atoms with van der Waals surface area (Å²) in [6.07, 6.45) is 4.51. The topological polar surface area (TPSA) is 49.6 Å². The molecule has 0 aromatic rings. The van der Waals surface area contributed by atoms with Crippen LogP contribution in [0.15, 0.2) is 0 Å². The Balaban J connectivity index is 1.82. The third-order valence-electron chi connectivity index (χ3n) is 4.11. The Bertz CT molecular complexity index is 280. The fourth-order valence-corrected chi connectivity index (χ4v) is 3.05. The summed E-state index contributed by atoms with van der Waals surface area (Å²) in [6.45, 7) is 7.82. The van der Waals surface area contributed by atoms with Crippen LogP contribution >= 0.6 is 0 Å². The molecule has 2 aliphatic rings. The highest BCUT2D eigenvalue weighted by Gasteiger charge is 2.43. The summed E-state index contributed by atoms with van der Waals surface area (Å²) in [5.41, 5.74) is 6.20. The van der Waals surface area contributed by atoms with E-state index in [0.29, 0.717) is 5.91 Å². The first-order valence-corrected chi connectivity index (χ1v) is 6.87. The molecule has 0 radical (unpaired) electrons. The van der Waals surface area contributed by atoms with E-state index in [1.54, 1.807) is 0 Å². The third-order valence-corrected chi connectivity index (χ3v) is 4.11. The Labute approximate surface area is 104 Å². The van der Waals surface area contributed by atoms with Gasteiger partial charge in [-0.1, -0.05) is 13.3 Å². The molecule has 0 aliphatic carbocycles. The maximum Gasteiger partial charge on any atom is 0.239 e. The summed E-state index contributed by atoms with van der Waals surface area (Å²) in [7, 11) is 0. The number of rotatable bonds is 4. The molecule has 0 aromatic carbocycles. The van der Waals surface area contributed by atoms with Crippen molar-refractivity contribution in [1.29, 1.82) is 0 Å². The maximum atomic E-state index is 12.2. The van der Waals surface area contributed by atoms with Gasteiger partial charge in [0.05, 0.1) is 6.04 Å². The second-order valence-corrected chi connectivity index (χ2v) is 5.73. The summed E-state index contributed by atoms with van der Waals surface area (Å²) < 4.78 is 0. The van der Waals surface area contributed by atoms with Crippen molar-refractivity contribution >= 4 is 5.91 Å². The largest absolute Gasteiger partial charge is 0.341 e. The van der Waals surface area contributed by atoms with Crippen molar-refractivity contribution < 1.29 is 4.79 Å². The van der Waals surface area contributed by atoms with Crippen LogP contribution in [-0.4, -0.2) is 53.5 Å². The number of nitrogens with two attached hydrogens (primary N) is 1. The Morgan fingerprint density at radius 2 is 1.94 bits per heavy atom. The van der Waals surface area contributed by atoms with Crippen molar-refractivity contribution in [2.75, 3.05) is 26.2 Å². The van der Waals surface area contributed by atoms with E-state index in [9.17, 15) is 4.79 Å². The molecule has 4 heteroatoms. The fraction of sp³-hybridized carbons (Fsp3) is 0.923. The molecule has 17 heavy (non-hydrogen) atoms. The van der Waals surface area contributed by atoms with Crippen molar-refractivity contribution in [3.05, 3.63) is 0 Å². The van der Waals surface area contributed by atoms with Crippen molar-refractivity contribution in [2.45, 2.75) is 51.1 Å². The minimum absolute atomic E-state index is 0.0154. The lowest BCUT2D eigenvalue weighted by Gasteiger charge is -2.50. The Morgan fingerprint density at radius 3 is 2.47 bits per heavy atom. The van der Waals surface area contributed by atoms with Crippen molar-refractivity contribution in [1.82, 2.24) is 9.80 Å². The maximum absolute atomic E-state index is 12.2. The van der Waals surface area contributed by atoms with E-state index in [4.69, 9.17) is 5.73 Å². The lowest BCUT2D eigenvalue weighted by Crippen LogP contribution is -2.70. The molecule has 2 heterocycles. The van der Waals surface area contributed by atoms with Crippen LogP contribution in [0.1, 0.15) is 39.5 Å². The summed E-state index contributed by atoms with van der Waals surface area (Å²) in [5.74, 6) is 0.293. The number of amides is 1. The lowest BCUT2D eigenvalue weighted by molar-refractivity contribution is -0.138. The minimum atomic E-state index is -0.0334. The van der Waals surface area contributed by atoms with Gasteiger partial charge in [0, 0.05) is 31.7 Å². The van der Waals surface area contributed by atoms with Crippen LogP contribution in [0.3, 0.4) is 0 Å². The second-order valence-electron chi connectivity index (χ2n) is 5.73. The first-order valence-electron chi connectivity index (χ1n) is 6.87. The molecule has 98 valence electrons. The van der Waals surface area contributed by atoms with E-state index < -0.39 is 0 Å². The molecule has 2 saturated heterocycles. The monoisotopic (exact) mass is 239 g/mol. The number of carbonyl (C=O) groups is 1. The molecule has 0 aromatic heterocycles. The molecule has 2 rings (SSSR count). The van der Waals surface area contributed by atoms with Crippen molar-refractivity contribution in [3.63, 3.8) is 0 Å². The van der Waals surface area contributed by atoms with Crippen molar-refractivity contribution in [3.8, 4) is 0 Å². The van der Waals surface area contributed by atoms with Gasteiger partial charge >= 0.3 is 0 Å². The van der Waals surface area contributed by atoms with Gasteiger partial charge in [-0.15, -0.1) is 0 Å². The molecular weight excluding hydrogens is 214 g/mol. The number of hydrogen-bond acceptors (Lipinski definition) is 3. The molecule has 2 fully saturated rings. The molecule has 2 N–H and O–H groups in total. The van der Waals surface area contributed by atoms with Gasteiger partial charge in [-0.2, -0.15) is 0 Å². The Hall–Kier alpha value is -0.610. The smallest absolute Gasteiger partial charge is 0.239 e. The first kappa shape index (κ1) is 12.8. The zero-order valence-electron chi connectivity index (χ0n) is 11.1. The van der Waals surface area contributed by atoms with E-state index in [1.807, 2.05) is 11.8 Å².